The Hall–Kier alpha value is -2.48. The largest absolute Gasteiger partial charge is 0.475 e. The Bertz CT molecular complexity index is 1150. The normalized spacial score (nSPS) is 15.6. The van der Waals surface area contributed by atoms with Crippen molar-refractivity contribution in [1.29, 1.82) is 0 Å². The van der Waals surface area contributed by atoms with Gasteiger partial charge in [0.15, 0.2) is 0 Å². The Morgan fingerprint density at radius 3 is 2.43 bits per heavy atom. The highest BCUT2D eigenvalue weighted by molar-refractivity contribution is 7.89. The number of hydrogen-bond donors (Lipinski definition) is 4. The second kappa shape index (κ2) is 13.9. The van der Waals surface area contributed by atoms with E-state index in [0.29, 0.717) is 39.1 Å². The molecule has 0 saturated carbocycles. The van der Waals surface area contributed by atoms with Gasteiger partial charge in [-0.2, -0.15) is 4.72 Å². The monoisotopic (exact) mass is 551 g/mol. The molecule has 37 heavy (non-hydrogen) atoms. The van der Waals surface area contributed by atoms with E-state index in [2.05, 4.69) is 10.0 Å². The molecule has 4 N–H and O–H groups in total. The summed E-state index contributed by atoms with van der Waals surface area (Å²) in [4.78, 5) is 27.4. The van der Waals surface area contributed by atoms with Crippen molar-refractivity contribution in [1.82, 2.24) is 14.9 Å². The van der Waals surface area contributed by atoms with Gasteiger partial charge in [-0.25, -0.2) is 8.42 Å². The van der Waals surface area contributed by atoms with E-state index < -0.39 is 47.4 Å². The van der Waals surface area contributed by atoms with E-state index >= 15 is 0 Å². The van der Waals surface area contributed by atoms with Crippen molar-refractivity contribution in [2.75, 3.05) is 26.3 Å². The second-order valence-electron chi connectivity index (χ2n) is 8.74. The minimum Gasteiger partial charge on any atom is -0.426 e. The molecule has 2 aromatic rings. The van der Waals surface area contributed by atoms with Gasteiger partial charge in [-0.05, 0) is 43.0 Å². The van der Waals surface area contributed by atoms with Crippen molar-refractivity contribution in [3.8, 4) is 0 Å². The molecule has 1 saturated heterocycles. The van der Waals surface area contributed by atoms with E-state index in [1.54, 1.807) is 0 Å². The average Bonchev–Trinajstić information content (AvgIpc) is 2.88. The van der Waals surface area contributed by atoms with Gasteiger partial charge in [0.2, 0.25) is 21.8 Å². The minimum atomic E-state index is -4.23. The van der Waals surface area contributed by atoms with E-state index in [-0.39, 0.29) is 16.3 Å². The molecule has 1 aliphatic rings. The molecule has 1 heterocycles. The quantitative estimate of drug-likeness (QED) is 0.285. The Labute approximate surface area is 222 Å². The Morgan fingerprint density at radius 2 is 1.78 bits per heavy atom. The van der Waals surface area contributed by atoms with Gasteiger partial charge in [-0.3, -0.25) is 9.59 Å². The van der Waals surface area contributed by atoms with E-state index in [1.165, 1.54) is 29.2 Å². The van der Waals surface area contributed by atoms with Gasteiger partial charge in [-0.1, -0.05) is 48.0 Å². The fraction of sp³-hybridized carbons (Fsp3) is 0.417. The lowest BCUT2D eigenvalue weighted by atomic mass is 9.76. The third-order valence-electron chi connectivity index (χ3n) is 5.97. The van der Waals surface area contributed by atoms with Crippen LogP contribution in [0, 0.1) is 0 Å². The number of aryl methyl sites for hydroxylation is 1. The molecule has 0 bridgehead atoms. The number of nitrogens with one attached hydrogen (secondary N) is 2. The molecule has 0 spiro atoms. The first kappa shape index (κ1) is 29.1. The summed E-state index contributed by atoms with van der Waals surface area (Å²) in [7, 11) is -6.10. The molecule has 2 aromatic carbocycles. The second-order valence-corrected chi connectivity index (χ2v) is 10.9. The van der Waals surface area contributed by atoms with Crippen molar-refractivity contribution in [2.45, 2.75) is 42.6 Å². The van der Waals surface area contributed by atoms with Crippen LogP contribution in [0.25, 0.3) is 0 Å². The van der Waals surface area contributed by atoms with Crippen LogP contribution in [0.4, 0.5) is 0 Å². The number of amides is 2. The molecule has 200 valence electrons. The highest BCUT2D eigenvalue weighted by Gasteiger charge is 2.33. The zero-order valence-corrected chi connectivity index (χ0v) is 21.8. The number of halogens is 1. The van der Waals surface area contributed by atoms with Crippen LogP contribution in [0.5, 0.6) is 0 Å². The third kappa shape index (κ3) is 9.10. The molecule has 2 amide bonds. The molecule has 0 unspecified atom stereocenters. The molecular weight excluding hydrogens is 521 g/mol. The lowest BCUT2D eigenvalue weighted by Crippen LogP contribution is -2.55. The molecule has 3 rings (SSSR count). The van der Waals surface area contributed by atoms with Gasteiger partial charge in [0.25, 0.3) is 0 Å². The highest BCUT2D eigenvalue weighted by Crippen LogP contribution is 2.17. The summed E-state index contributed by atoms with van der Waals surface area (Å²) in [5, 5.41) is 22.4. The number of rotatable bonds is 12. The van der Waals surface area contributed by atoms with E-state index in [1.807, 2.05) is 30.3 Å². The van der Waals surface area contributed by atoms with Crippen LogP contribution in [-0.2, 0) is 30.8 Å². The number of morpholine rings is 1. The molecule has 1 fully saturated rings. The topological polar surface area (TPSA) is 145 Å². The molecule has 0 radical (unpaired) electrons. The standard InChI is InChI=1S/C24H31BClN3O7S/c26-19-9-5-10-20(16-19)37(34,35)28-21(17-23(30)29-12-14-36-15-13-29)24(31)27-22(25(32)33)11-4-8-18-6-2-1-3-7-18/h1-3,5-7,9-10,16,21-22,28,32-33H,4,8,11-15,17H2,(H,27,31)/t21-,22+/m1/s1. The van der Waals surface area contributed by atoms with Crippen LogP contribution >= 0.6 is 11.6 Å². The van der Waals surface area contributed by atoms with E-state index in [0.717, 1.165) is 5.56 Å². The van der Waals surface area contributed by atoms with Crippen LogP contribution in [0.1, 0.15) is 24.8 Å². The Morgan fingerprint density at radius 1 is 1.08 bits per heavy atom. The number of carbonyl (C=O) groups excluding carboxylic acids is 2. The van der Waals surface area contributed by atoms with E-state index in [9.17, 15) is 28.1 Å². The maximum absolute atomic E-state index is 13.2. The first-order valence-corrected chi connectivity index (χ1v) is 13.9. The summed E-state index contributed by atoms with van der Waals surface area (Å²) in [6.45, 7) is 1.34. The molecule has 10 nitrogen and oxygen atoms in total. The van der Waals surface area contributed by atoms with Gasteiger partial charge < -0.3 is 25.0 Å². The number of ether oxygens (including phenoxy) is 1. The van der Waals surface area contributed by atoms with Crippen LogP contribution in [-0.4, -0.2) is 80.6 Å². The van der Waals surface area contributed by atoms with Crippen LogP contribution in [0.2, 0.25) is 5.02 Å². The zero-order chi connectivity index (χ0) is 26.8. The predicted molar refractivity (Wildman–Crippen MR) is 139 cm³/mol. The fourth-order valence-electron chi connectivity index (χ4n) is 3.94. The van der Waals surface area contributed by atoms with Crippen molar-refractivity contribution in [3.63, 3.8) is 0 Å². The summed E-state index contributed by atoms with van der Waals surface area (Å²) in [6.07, 6.45) is 0.964. The Balaban J connectivity index is 1.73. The predicted octanol–water partition coefficient (Wildman–Crippen LogP) is 0.756. The van der Waals surface area contributed by atoms with Gasteiger partial charge in [0, 0.05) is 18.1 Å². The third-order valence-corrected chi connectivity index (χ3v) is 7.68. The first-order chi connectivity index (χ1) is 17.7. The first-order valence-electron chi connectivity index (χ1n) is 12.0. The summed E-state index contributed by atoms with van der Waals surface area (Å²) < 4.78 is 33.6. The number of nitrogens with zero attached hydrogens (tertiary/aromatic N) is 1. The maximum Gasteiger partial charge on any atom is 0.475 e. The number of carbonyl (C=O) groups is 2. The highest BCUT2D eigenvalue weighted by atomic mass is 35.5. The molecule has 1 aliphatic heterocycles. The maximum atomic E-state index is 13.2. The van der Waals surface area contributed by atoms with Crippen molar-refractivity contribution in [3.05, 3.63) is 65.2 Å². The van der Waals surface area contributed by atoms with Gasteiger partial charge in [-0.15, -0.1) is 0 Å². The molecular formula is C24H31BClN3O7S. The smallest absolute Gasteiger partial charge is 0.426 e. The van der Waals surface area contributed by atoms with Gasteiger partial charge in [0.1, 0.15) is 6.04 Å². The Kier molecular flexibility index (Phi) is 10.9. The molecule has 0 aromatic heterocycles. The zero-order valence-electron chi connectivity index (χ0n) is 20.3. The van der Waals surface area contributed by atoms with Crippen molar-refractivity contribution < 1.29 is 32.8 Å². The average molecular weight is 552 g/mol. The summed E-state index contributed by atoms with van der Waals surface area (Å²) in [5.41, 5.74) is 1.06. The van der Waals surface area contributed by atoms with Gasteiger partial charge >= 0.3 is 7.12 Å². The minimum absolute atomic E-state index is 0.168. The van der Waals surface area contributed by atoms with Crippen molar-refractivity contribution in [2.24, 2.45) is 0 Å². The number of hydrogen-bond acceptors (Lipinski definition) is 7. The molecule has 0 aliphatic carbocycles. The number of sulfonamides is 1. The van der Waals surface area contributed by atoms with Gasteiger partial charge in [0.05, 0.1) is 30.5 Å². The van der Waals surface area contributed by atoms with Crippen LogP contribution in [0.15, 0.2) is 59.5 Å². The van der Waals surface area contributed by atoms with Crippen LogP contribution < -0.4 is 10.0 Å². The molecule has 2 atom stereocenters. The summed E-state index contributed by atoms with van der Waals surface area (Å²) in [6, 6.07) is 13.6. The SMILES string of the molecule is O=C(N[C@@H](CCCc1ccccc1)B(O)O)[C@@H](CC(=O)N1CCOCC1)NS(=O)(=O)c1cccc(Cl)c1. The summed E-state index contributed by atoms with van der Waals surface area (Å²) >= 11 is 5.93. The molecule has 13 heteroatoms. The van der Waals surface area contributed by atoms with Crippen molar-refractivity contribution >= 4 is 40.6 Å². The number of benzene rings is 2. The van der Waals surface area contributed by atoms with E-state index in [4.69, 9.17) is 16.3 Å². The summed E-state index contributed by atoms with van der Waals surface area (Å²) in [5.74, 6) is -2.33. The fourth-order valence-corrected chi connectivity index (χ4v) is 5.44. The lowest BCUT2D eigenvalue weighted by molar-refractivity contribution is -0.138. The lowest BCUT2D eigenvalue weighted by Gasteiger charge is -2.29. The van der Waals surface area contributed by atoms with Crippen LogP contribution in [0.3, 0.4) is 0 Å².